The molecule has 1 aliphatic rings. The Morgan fingerprint density at radius 1 is 1.16 bits per heavy atom. The van der Waals surface area contributed by atoms with E-state index in [0.717, 1.165) is 30.6 Å². The third kappa shape index (κ3) is 4.56. The van der Waals surface area contributed by atoms with Crippen LogP contribution in [0.1, 0.15) is 22.3 Å². The van der Waals surface area contributed by atoms with Crippen LogP contribution in [0.3, 0.4) is 0 Å². The Bertz CT molecular complexity index is 741. The van der Waals surface area contributed by atoms with Gasteiger partial charge in [-0.1, -0.05) is 48.5 Å². The molecular formula is C21H24N2O2. The maximum atomic E-state index is 12.6. The van der Waals surface area contributed by atoms with Gasteiger partial charge in [0.05, 0.1) is 6.61 Å². The first-order valence-electron chi connectivity index (χ1n) is 8.71. The molecule has 0 aromatic heterocycles. The standard InChI is InChI=1S/C21H24N2O2/c24-14-13-23(16-17-5-2-1-3-6-17)21(25)10-9-18-7-4-8-19-15-22-12-11-20(18)19/h1-10,22,24H,11-16H2. The maximum Gasteiger partial charge on any atom is 0.246 e. The second kappa shape index (κ2) is 8.60. The van der Waals surface area contributed by atoms with Gasteiger partial charge in [-0.3, -0.25) is 4.79 Å². The van der Waals surface area contributed by atoms with Gasteiger partial charge in [-0.2, -0.15) is 0 Å². The number of hydrogen-bond acceptors (Lipinski definition) is 3. The lowest BCUT2D eigenvalue weighted by molar-refractivity contribution is -0.127. The minimum atomic E-state index is -0.0792. The number of carbonyl (C=O) groups excluding carboxylic acids is 1. The molecule has 0 unspecified atom stereocenters. The summed E-state index contributed by atoms with van der Waals surface area (Å²) in [5, 5.41) is 12.7. The number of carbonyl (C=O) groups is 1. The molecule has 2 N–H and O–H groups in total. The van der Waals surface area contributed by atoms with E-state index < -0.39 is 0 Å². The van der Waals surface area contributed by atoms with Gasteiger partial charge in [0, 0.05) is 25.7 Å². The first-order valence-corrected chi connectivity index (χ1v) is 8.71. The molecule has 2 aromatic carbocycles. The summed E-state index contributed by atoms with van der Waals surface area (Å²) in [6, 6.07) is 16.1. The van der Waals surface area contributed by atoms with Crippen molar-refractivity contribution in [1.82, 2.24) is 10.2 Å². The molecule has 0 saturated carbocycles. The molecule has 0 atom stereocenters. The Labute approximate surface area is 148 Å². The zero-order valence-corrected chi connectivity index (χ0v) is 14.3. The van der Waals surface area contributed by atoms with Crippen LogP contribution in [0.15, 0.2) is 54.6 Å². The van der Waals surface area contributed by atoms with E-state index in [-0.39, 0.29) is 12.5 Å². The van der Waals surface area contributed by atoms with E-state index >= 15 is 0 Å². The second-order valence-corrected chi connectivity index (χ2v) is 6.21. The molecule has 130 valence electrons. The van der Waals surface area contributed by atoms with Crippen LogP contribution in [0.25, 0.3) is 6.08 Å². The zero-order valence-electron chi connectivity index (χ0n) is 14.3. The van der Waals surface area contributed by atoms with Crippen molar-refractivity contribution in [1.29, 1.82) is 0 Å². The van der Waals surface area contributed by atoms with Crippen molar-refractivity contribution >= 4 is 12.0 Å². The van der Waals surface area contributed by atoms with Crippen molar-refractivity contribution in [2.75, 3.05) is 19.7 Å². The topological polar surface area (TPSA) is 52.6 Å². The molecule has 2 aromatic rings. The van der Waals surface area contributed by atoms with Gasteiger partial charge < -0.3 is 15.3 Å². The molecule has 1 aliphatic heterocycles. The lowest BCUT2D eigenvalue weighted by atomic mass is 9.95. The second-order valence-electron chi connectivity index (χ2n) is 6.21. The number of aliphatic hydroxyl groups excluding tert-OH is 1. The molecule has 0 aliphatic carbocycles. The average molecular weight is 336 g/mol. The molecule has 0 bridgehead atoms. The molecule has 4 nitrogen and oxygen atoms in total. The SMILES string of the molecule is O=C(C=Cc1cccc2c1CCNC2)N(CCO)Cc1ccccc1. The van der Waals surface area contributed by atoms with Crippen LogP contribution < -0.4 is 5.32 Å². The van der Waals surface area contributed by atoms with Crippen molar-refractivity contribution < 1.29 is 9.90 Å². The molecule has 4 heteroatoms. The monoisotopic (exact) mass is 336 g/mol. The molecular weight excluding hydrogens is 312 g/mol. The first-order chi connectivity index (χ1) is 12.3. The van der Waals surface area contributed by atoms with E-state index in [4.69, 9.17) is 0 Å². The fourth-order valence-electron chi connectivity index (χ4n) is 3.18. The van der Waals surface area contributed by atoms with Crippen molar-refractivity contribution in [3.8, 4) is 0 Å². The van der Waals surface area contributed by atoms with Gasteiger partial charge in [-0.05, 0) is 41.3 Å². The number of nitrogens with one attached hydrogen (secondary N) is 1. The number of hydrogen-bond donors (Lipinski definition) is 2. The number of amides is 1. The number of fused-ring (bicyclic) bond motifs is 1. The Balaban J connectivity index is 1.74. The molecule has 0 fully saturated rings. The van der Waals surface area contributed by atoms with E-state index in [9.17, 15) is 9.90 Å². The molecule has 3 rings (SSSR count). The maximum absolute atomic E-state index is 12.6. The van der Waals surface area contributed by atoms with E-state index in [1.807, 2.05) is 42.5 Å². The summed E-state index contributed by atoms with van der Waals surface area (Å²) in [4.78, 5) is 14.3. The molecule has 0 radical (unpaired) electrons. The third-order valence-corrected chi connectivity index (χ3v) is 4.48. The van der Waals surface area contributed by atoms with Crippen LogP contribution in [-0.2, 0) is 24.3 Å². The zero-order chi connectivity index (χ0) is 17.5. The number of rotatable bonds is 6. The van der Waals surface area contributed by atoms with E-state index in [2.05, 4.69) is 17.4 Å². The van der Waals surface area contributed by atoms with Gasteiger partial charge in [-0.15, -0.1) is 0 Å². The fraction of sp³-hybridized carbons (Fsp3) is 0.286. The summed E-state index contributed by atoms with van der Waals surface area (Å²) in [5.41, 5.74) is 4.79. The van der Waals surface area contributed by atoms with Gasteiger partial charge in [0.25, 0.3) is 0 Å². The predicted molar refractivity (Wildman–Crippen MR) is 99.8 cm³/mol. The first kappa shape index (κ1) is 17.4. The normalized spacial score (nSPS) is 13.6. The smallest absolute Gasteiger partial charge is 0.246 e. The summed E-state index contributed by atoms with van der Waals surface area (Å²) in [6.07, 6.45) is 4.51. The highest BCUT2D eigenvalue weighted by Gasteiger charge is 2.13. The highest BCUT2D eigenvalue weighted by molar-refractivity contribution is 5.92. The Morgan fingerprint density at radius 3 is 2.80 bits per heavy atom. The van der Waals surface area contributed by atoms with Gasteiger partial charge in [0.2, 0.25) is 5.91 Å². The van der Waals surface area contributed by atoms with Gasteiger partial charge in [0.1, 0.15) is 0 Å². The summed E-state index contributed by atoms with van der Waals surface area (Å²) in [7, 11) is 0. The van der Waals surface area contributed by atoms with Crippen LogP contribution in [0.2, 0.25) is 0 Å². The van der Waals surface area contributed by atoms with Gasteiger partial charge >= 0.3 is 0 Å². The lowest BCUT2D eigenvalue weighted by Crippen LogP contribution is -2.31. The number of nitrogens with zero attached hydrogens (tertiary/aromatic N) is 1. The van der Waals surface area contributed by atoms with Crippen LogP contribution in [-0.4, -0.2) is 35.6 Å². The van der Waals surface area contributed by atoms with Crippen molar-refractivity contribution in [2.24, 2.45) is 0 Å². The molecule has 25 heavy (non-hydrogen) atoms. The summed E-state index contributed by atoms with van der Waals surface area (Å²) in [5.74, 6) is -0.0792. The molecule has 0 spiro atoms. The Morgan fingerprint density at radius 2 is 2.00 bits per heavy atom. The van der Waals surface area contributed by atoms with Gasteiger partial charge in [-0.25, -0.2) is 0 Å². The van der Waals surface area contributed by atoms with Crippen molar-refractivity contribution in [3.05, 3.63) is 76.9 Å². The van der Waals surface area contributed by atoms with Gasteiger partial charge in [0.15, 0.2) is 0 Å². The highest BCUT2D eigenvalue weighted by Crippen LogP contribution is 2.20. The largest absolute Gasteiger partial charge is 0.395 e. The van der Waals surface area contributed by atoms with Crippen LogP contribution in [0.5, 0.6) is 0 Å². The highest BCUT2D eigenvalue weighted by atomic mass is 16.3. The van der Waals surface area contributed by atoms with Crippen molar-refractivity contribution in [3.63, 3.8) is 0 Å². The van der Waals surface area contributed by atoms with E-state index in [0.29, 0.717) is 13.1 Å². The summed E-state index contributed by atoms with van der Waals surface area (Å²) >= 11 is 0. The van der Waals surface area contributed by atoms with Crippen LogP contribution in [0.4, 0.5) is 0 Å². The Hall–Kier alpha value is -2.43. The minimum absolute atomic E-state index is 0.0428. The van der Waals surface area contributed by atoms with Crippen LogP contribution in [0, 0.1) is 0 Å². The van der Waals surface area contributed by atoms with Crippen molar-refractivity contribution in [2.45, 2.75) is 19.5 Å². The average Bonchev–Trinajstić information content (AvgIpc) is 2.66. The van der Waals surface area contributed by atoms with E-state index in [1.165, 1.54) is 11.1 Å². The quantitative estimate of drug-likeness (QED) is 0.796. The summed E-state index contributed by atoms with van der Waals surface area (Å²) in [6.45, 7) is 2.64. The van der Waals surface area contributed by atoms with Crippen LogP contribution >= 0.6 is 0 Å². The summed E-state index contributed by atoms with van der Waals surface area (Å²) < 4.78 is 0. The fourth-order valence-corrected chi connectivity index (χ4v) is 3.18. The van der Waals surface area contributed by atoms with E-state index in [1.54, 1.807) is 11.0 Å². The third-order valence-electron chi connectivity index (χ3n) is 4.48. The lowest BCUT2D eigenvalue weighted by Gasteiger charge is -2.21. The molecule has 1 heterocycles. The Kier molecular flexibility index (Phi) is 5.99. The molecule has 1 amide bonds. The number of benzene rings is 2. The molecule has 0 saturated heterocycles. The predicted octanol–water partition coefficient (Wildman–Crippen LogP) is 2.37. The minimum Gasteiger partial charge on any atom is -0.395 e. The number of aliphatic hydroxyl groups is 1.